The van der Waals surface area contributed by atoms with Gasteiger partial charge in [0.15, 0.2) is 0 Å². The third kappa shape index (κ3) is 0.730. The van der Waals surface area contributed by atoms with E-state index >= 15 is 0 Å². The highest BCUT2D eigenvalue weighted by atomic mass is 14.5. The Morgan fingerprint density at radius 3 is 2.33 bits per heavy atom. The van der Waals surface area contributed by atoms with Crippen LogP contribution in [0, 0.1) is 5.92 Å². The van der Waals surface area contributed by atoms with Gasteiger partial charge in [-0.3, -0.25) is 0 Å². The zero-order valence-electron chi connectivity index (χ0n) is 7.22. The molecule has 0 saturated heterocycles. The molecule has 0 amide bonds. The molecule has 0 heteroatoms. The first-order chi connectivity index (χ1) is 5.89. The van der Waals surface area contributed by atoms with Gasteiger partial charge >= 0.3 is 0 Å². The third-order valence-electron chi connectivity index (χ3n) is 3.52. The predicted molar refractivity (Wildman–Crippen MR) is 49.8 cm³/mol. The molecule has 3 aliphatic rings. The van der Waals surface area contributed by atoms with Crippen LogP contribution in [0.2, 0.25) is 0 Å². The van der Waals surface area contributed by atoms with Crippen LogP contribution in [-0.4, -0.2) is 0 Å². The fourth-order valence-corrected chi connectivity index (χ4v) is 2.82. The number of benzene rings is 1. The average molecular weight is 157 g/mol. The second-order valence-corrected chi connectivity index (χ2v) is 4.25. The molecule has 2 bridgehead atoms. The summed E-state index contributed by atoms with van der Waals surface area (Å²) in [6, 6.07) is 11.0. The van der Waals surface area contributed by atoms with Gasteiger partial charge in [-0.15, -0.1) is 0 Å². The summed E-state index contributed by atoms with van der Waals surface area (Å²) in [7, 11) is 0. The van der Waals surface area contributed by atoms with Gasteiger partial charge in [-0.25, -0.2) is 0 Å². The lowest BCUT2D eigenvalue weighted by Gasteiger charge is -2.38. The van der Waals surface area contributed by atoms with Crippen molar-refractivity contribution < 1.29 is 0 Å². The summed E-state index contributed by atoms with van der Waals surface area (Å²) in [5.74, 6) is 1.80. The van der Waals surface area contributed by atoms with Crippen LogP contribution in [0.4, 0.5) is 0 Å². The Kier molecular flexibility index (Phi) is 1.19. The van der Waals surface area contributed by atoms with E-state index in [0.29, 0.717) is 5.41 Å². The summed E-state index contributed by atoms with van der Waals surface area (Å²) < 4.78 is 0. The van der Waals surface area contributed by atoms with Gasteiger partial charge in [0.25, 0.3) is 0 Å². The van der Waals surface area contributed by atoms with Crippen molar-refractivity contribution in [1.82, 2.24) is 0 Å². The summed E-state index contributed by atoms with van der Waals surface area (Å²) in [5.41, 5.74) is 2.17. The van der Waals surface area contributed by atoms with E-state index in [1.54, 1.807) is 11.5 Å². The Morgan fingerprint density at radius 1 is 1.00 bits per heavy atom. The standard InChI is InChI=1S/C12H13/c1-2-4-11(5-3-1)12-7-6-10(8-12)9-12/h1-5H,6-9H2. The molecule has 3 fully saturated rings. The van der Waals surface area contributed by atoms with E-state index in [4.69, 9.17) is 0 Å². The van der Waals surface area contributed by atoms with Crippen molar-refractivity contribution in [1.29, 1.82) is 0 Å². The maximum atomic E-state index is 2.29. The minimum absolute atomic E-state index is 0.594. The van der Waals surface area contributed by atoms with E-state index in [-0.39, 0.29) is 0 Å². The summed E-state index contributed by atoms with van der Waals surface area (Å²) in [6.07, 6.45) is 5.58. The molecule has 3 aliphatic carbocycles. The fourth-order valence-electron chi connectivity index (χ4n) is 2.82. The van der Waals surface area contributed by atoms with Gasteiger partial charge in [0.2, 0.25) is 0 Å². The highest BCUT2D eigenvalue weighted by Gasteiger charge is 2.51. The molecule has 1 radical (unpaired) electrons. The minimum atomic E-state index is 0.594. The molecule has 12 heavy (non-hydrogen) atoms. The molecular weight excluding hydrogens is 144 g/mol. The second kappa shape index (κ2) is 2.12. The SMILES string of the molecule is c1ccc(C23CC[C](C2)C3)cc1. The Morgan fingerprint density at radius 2 is 1.75 bits per heavy atom. The molecule has 0 nitrogen and oxygen atoms in total. The van der Waals surface area contributed by atoms with Crippen molar-refractivity contribution in [2.45, 2.75) is 31.1 Å². The molecule has 0 heterocycles. The van der Waals surface area contributed by atoms with E-state index < -0.39 is 0 Å². The lowest BCUT2D eigenvalue weighted by molar-refractivity contribution is 0.359. The number of rotatable bonds is 1. The Hall–Kier alpha value is -0.780. The van der Waals surface area contributed by atoms with E-state index in [1.165, 1.54) is 25.7 Å². The average Bonchev–Trinajstić information content (AvgIpc) is 2.63. The van der Waals surface area contributed by atoms with Crippen molar-refractivity contribution in [3.8, 4) is 0 Å². The van der Waals surface area contributed by atoms with Gasteiger partial charge in [-0.1, -0.05) is 30.3 Å². The van der Waals surface area contributed by atoms with Gasteiger partial charge in [-0.05, 0) is 42.6 Å². The molecule has 61 valence electrons. The maximum Gasteiger partial charge on any atom is -0.00358 e. The first-order valence-corrected chi connectivity index (χ1v) is 4.78. The lowest BCUT2D eigenvalue weighted by atomic mass is 9.65. The van der Waals surface area contributed by atoms with Gasteiger partial charge in [0.05, 0.1) is 0 Å². The summed E-state index contributed by atoms with van der Waals surface area (Å²) >= 11 is 0. The highest BCUT2D eigenvalue weighted by molar-refractivity contribution is 5.37. The summed E-state index contributed by atoms with van der Waals surface area (Å²) in [6.45, 7) is 0. The van der Waals surface area contributed by atoms with Crippen LogP contribution in [0.1, 0.15) is 31.2 Å². The van der Waals surface area contributed by atoms with Crippen LogP contribution in [0.15, 0.2) is 30.3 Å². The number of fused-ring (bicyclic) bond motifs is 1. The molecular formula is C12H13. The molecule has 0 aliphatic heterocycles. The normalized spacial score (nSPS) is 25.3. The van der Waals surface area contributed by atoms with Crippen molar-refractivity contribution in [3.05, 3.63) is 41.8 Å². The monoisotopic (exact) mass is 157 g/mol. The molecule has 0 N–H and O–H groups in total. The molecule has 1 aromatic rings. The van der Waals surface area contributed by atoms with Crippen LogP contribution >= 0.6 is 0 Å². The van der Waals surface area contributed by atoms with E-state index in [9.17, 15) is 0 Å². The van der Waals surface area contributed by atoms with Crippen molar-refractivity contribution in [3.63, 3.8) is 0 Å². The van der Waals surface area contributed by atoms with Gasteiger partial charge in [0.1, 0.15) is 0 Å². The van der Waals surface area contributed by atoms with Crippen molar-refractivity contribution >= 4 is 0 Å². The van der Waals surface area contributed by atoms with Gasteiger partial charge in [-0.2, -0.15) is 0 Å². The molecule has 3 saturated carbocycles. The Balaban J connectivity index is 1.99. The van der Waals surface area contributed by atoms with Crippen LogP contribution in [0.5, 0.6) is 0 Å². The van der Waals surface area contributed by atoms with Crippen LogP contribution in [0.3, 0.4) is 0 Å². The van der Waals surface area contributed by atoms with Crippen LogP contribution in [0.25, 0.3) is 0 Å². The minimum Gasteiger partial charge on any atom is -0.0622 e. The summed E-state index contributed by atoms with van der Waals surface area (Å²) in [4.78, 5) is 0. The highest BCUT2D eigenvalue weighted by Crippen LogP contribution is 2.60. The molecule has 0 atom stereocenters. The number of hydrogen-bond donors (Lipinski definition) is 0. The van der Waals surface area contributed by atoms with Gasteiger partial charge in [0, 0.05) is 0 Å². The molecule has 0 spiro atoms. The quantitative estimate of drug-likeness (QED) is 0.587. The molecule has 0 aromatic heterocycles. The van der Waals surface area contributed by atoms with E-state index in [1.807, 2.05) is 0 Å². The Bertz CT molecular complexity index is 275. The first kappa shape index (κ1) is 6.71. The maximum absolute atomic E-state index is 2.29. The molecule has 1 aromatic carbocycles. The van der Waals surface area contributed by atoms with E-state index in [0.717, 1.165) is 0 Å². The van der Waals surface area contributed by atoms with Crippen molar-refractivity contribution in [2.24, 2.45) is 0 Å². The Labute approximate surface area is 73.6 Å². The lowest BCUT2D eigenvalue weighted by Crippen LogP contribution is -2.30. The second-order valence-electron chi connectivity index (χ2n) is 4.25. The summed E-state index contributed by atoms with van der Waals surface area (Å²) in [5, 5.41) is 0. The van der Waals surface area contributed by atoms with E-state index in [2.05, 4.69) is 30.3 Å². The zero-order chi connectivity index (χ0) is 8.02. The first-order valence-electron chi connectivity index (χ1n) is 4.78. The largest absolute Gasteiger partial charge is 0.0622 e. The number of hydrogen-bond acceptors (Lipinski definition) is 0. The smallest absolute Gasteiger partial charge is 0.00358 e. The molecule has 4 rings (SSSR count). The van der Waals surface area contributed by atoms with Crippen LogP contribution < -0.4 is 0 Å². The molecule has 0 unspecified atom stereocenters. The topological polar surface area (TPSA) is 0 Å². The zero-order valence-corrected chi connectivity index (χ0v) is 7.22. The predicted octanol–water partition coefficient (Wildman–Crippen LogP) is 3.09. The fraction of sp³-hybridized carbons (Fsp3) is 0.417. The third-order valence-corrected chi connectivity index (χ3v) is 3.52. The van der Waals surface area contributed by atoms with Gasteiger partial charge < -0.3 is 0 Å². The van der Waals surface area contributed by atoms with Crippen molar-refractivity contribution in [2.75, 3.05) is 0 Å². The van der Waals surface area contributed by atoms with Crippen LogP contribution in [-0.2, 0) is 5.41 Å².